The minimum Gasteiger partial charge on any atom is -0.382 e. The van der Waals surface area contributed by atoms with E-state index in [4.69, 9.17) is 0 Å². The lowest BCUT2D eigenvalue weighted by Crippen LogP contribution is -2.23. The van der Waals surface area contributed by atoms with Gasteiger partial charge in [-0.15, -0.1) is 0 Å². The maximum absolute atomic E-state index is 12.1. The van der Waals surface area contributed by atoms with Crippen molar-refractivity contribution in [2.45, 2.75) is 52.0 Å². The number of carbonyl (C=O) groups excluding carboxylic acids is 1. The summed E-state index contributed by atoms with van der Waals surface area (Å²) in [7, 11) is 3.59. The molecule has 1 saturated carbocycles. The van der Waals surface area contributed by atoms with Gasteiger partial charge in [-0.25, -0.2) is 0 Å². The maximum atomic E-state index is 12.1. The predicted octanol–water partition coefficient (Wildman–Crippen LogP) is 4.08. The standard InChI is InChI=1S/C18H28N2O/c1-13-6-5-7-16(11-8-13)19-17-12-15(10-9-14(17)2)18(21)20(3)4/h9-10,12-13,16,19H,5-8,11H2,1-4H3. The second kappa shape index (κ2) is 6.97. The van der Waals surface area contributed by atoms with E-state index in [0.29, 0.717) is 6.04 Å². The Morgan fingerprint density at radius 3 is 2.67 bits per heavy atom. The van der Waals surface area contributed by atoms with Crippen LogP contribution in [0.5, 0.6) is 0 Å². The number of nitrogens with zero attached hydrogens (tertiary/aromatic N) is 1. The Labute approximate surface area is 128 Å². The first kappa shape index (κ1) is 15.9. The highest BCUT2D eigenvalue weighted by Crippen LogP contribution is 2.26. The lowest BCUT2D eigenvalue weighted by Gasteiger charge is -2.20. The number of aryl methyl sites for hydroxylation is 1. The van der Waals surface area contributed by atoms with Crippen LogP contribution in [0.2, 0.25) is 0 Å². The predicted molar refractivity (Wildman–Crippen MR) is 88.9 cm³/mol. The third-order valence-corrected chi connectivity index (χ3v) is 4.51. The number of rotatable bonds is 3. The van der Waals surface area contributed by atoms with E-state index >= 15 is 0 Å². The molecule has 1 aromatic rings. The van der Waals surface area contributed by atoms with Gasteiger partial charge >= 0.3 is 0 Å². The van der Waals surface area contributed by atoms with Crippen LogP contribution in [-0.2, 0) is 0 Å². The molecule has 1 amide bonds. The fourth-order valence-corrected chi connectivity index (χ4v) is 3.02. The van der Waals surface area contributed by atoms with Crippen LogP contribution >= 0.6 is 0 Å². The Morgan fingerprint density at radius 1 is 1.19 bits per heavy atom. The van der Waals surface area contributed by atoms with Crippen molar-refractivity contribution in [2.24, 2.45) is 5.92 Å². The highest BCUT2D eigenvalue weighted by Gasteiger charge is 2.17. The molecular weight excluding hydrogens is 260 g/mol. The molecule has 0 aliphatic heterocycles. The van der Waals surface area contributed by atoms with Gasteiger partial charge in [0.1, 0.15) is 0 Å². The van der Waals surface area contributed by atoms with Gasteiger partial charge in [0.25, 0.3) is 5.91 Å². The number of hydrogen-bond donors (Lipinski definition) is 1. The van der Waals surface area contributed by atoms with E-state index in [1.807, 2.05) is 18.2 Å². The van der Waals surface area contributed by atoms with Crippen molar-refractivity contribution < 1.29 is 4.79 Å². The first-order valence-corrected chi connectivity index (χ1v) is 8.06. The number of carbonyl (C=O) groups is 1. The quantitative estimate of drug-likeness (QED) is 0.850. The fraction of sp³-hybridized carbons (Fsp3) is 0.611. The molecule has 3 nitrogen and oxygen atoms in total. The third-order valence-electron chi connectivity index (χ3n) is 4.51. The van der Waals surface area contributed by atoms with Gasteiger partial charge in [0.05, 0.1) is 0 Å². The number of nitrogens with one attached hydrogen (secondary N) is 1. The van der Waals surface area contributed by atoms with E-state index in [-0.39, 0.29) is 5.91 Å². The van der Waals surface area contributed by atoms with E-state index in [1.165, 1.54) is 37.7 Å². The van der Waals surface area contributed by atoms with Gasteiger partial charge in [-0.3, -0.25) is 4.79 Å². The number of benzene rings is 1. The Balaban J connectivity index is 2.11. The molecule has 1 aliphatic rings. The molecule has 3 heteroatoms. The van der Waals surface area contributed by atoms with Crippen molar-refractivity contribution in [3.63, 3.8) is 0 Å². The molecule has 1 N–H and O–H groups in total. The first-order valence-electron chi connectivity index (χ1n) is 8.06. The van der Waals surface area contributed by atoms with Gasteiger partial charge in [-0.05, 0) is 49.8 Å². The second-order valence-corrected chi connectivity index (χ2v) is 6.68. The van der Waals surface area contributed by atoms with Crippen molar-refractivity contribution in [2.75, 3.05) is 19.4 Å². The van der Waals surface area contributed by atoms with Crippen LogP contribution in [0.25, 0.3) is 0 Å². The Hall–Kier alpha value is -1.51. The average Bonchev–Trinajstić information content (AvgIpc) is 2.65. The largest absolute Gasteiger partial charge is 0.382 e. The topological polar surface area (TPSA) is 32.3 Å². The molecule has 2 rings (SSSR count). The fourth-order valence-electron chi connectivity index (χ4n) is 3.02. The van der Waals surface area contributed by atoms with E-state index in [1.54, 1.807) is 19.0 Å². The summed E-state index contributed by atoms with van der Waals surface area (Å²) in [5, 5.41) is 3.67. The van der Waals surface area contributed by atoms with Crippen molar-refractivity contribution in [3.8, 4) is 0 Å². The van der Waals surface area contributed by atoms with E-state index in [2.05, 4.69) is 19.2 Å². The first-order chi connectivity index (χ1) is 9.97. The third kappa shape index (κ3) is 4.23. The molecule has 0 heterocycles. The van der Waals surface area contributed by atoms with Gasteiger partial charge in [-0.1, -0.05) is 25.8 Å². The van der Waals surface area contributed by atoms with Gasteiger partial charge in [0.15, 0.2) is 0 Å². The van der Waals surface area contributed by atoms with Gasteiger partial charge in [0.2, 0.25) is 0 Å². The summed E-state index contributed by atoms with van der Waals surface area (Å²) in [6.07, 6.45) is 6.40. The smallest absolute Gasteiger partial charge is 0.253 e. The van der Waals surface area contributed by atoms with E-state index in [0.717, 1.165) is 17.2 Å². The molecule has 0 saturated heterocycles. The lowest BCUT2D eigenvalue weighted by molar-refractivity contribution is 0.0827. The lowest BCUT2D eigenvalue weighted by atomic mass is 10.0. The normalized spacial score (nSPS) is 22.5. The zero-order valence-electron chi connectivity index (χ0n) is 13.8. The van der Waals surface area contributed by atoms with Crippen molar-refractivity contribution in [3.05, 3.63) is 29.3 Å². The summed E-state index contributed by atoms with van der Waals surface area (Å²) in [4.78, 5) is 13.7. The van der Waals surface area contributed by atoms with Crippen molar-refractivity contribution in [1.29, 1.82) is 0 Å². The monoisotopic (exact) mass is 288 g/mol. The van der Waals surface area contributed by atoms with Crippen molar-refractivity contribution in [1.82, 2.24) is 4.90 Å². The molecule has 2 atom stereocenters. The second-order valence-electron chi connectivity index (χ2n) is 6.68. The zero-order chi connectivity index (χ0) is 15.4. The summed E-state index contributed by atoms with van der Waals surface area (Å²) >= 11 is 0. The zero-order valence-corrected chi connectivity index (χ0v) is 13.8. The number of amides is 1. The summed E-state index contributed by atoms with van der Waals surface area (Å²) in [5.41, 5.74) is 3.08. The SMILES string of the molecule is Cc1ccc(C(=O)N(C)C)cc1NC1CCCC(C)CC1. The molecular formula is C18H28N2O. The molecule has 1 aliphatic carbocycles. The van der Waals surface area contributed by atoms with Crippen LogP contribution in [0.15, 0.2) is 18.2 Å². The van der Waals surface area contributed by atoms with Gasteiger partial charge in [0, 0.05) is 31.4 Å². The Morgan fingerprint density at radius 2 is 1.95 bits per heavy atom. The van der Waals surface area contributed by atoms with E-state index in [9.17, 15) is 4.79 Å². The molecule has 1 aromatic carbocycles. The van der Waals surface area contributed by atoms with Gasteiger partial charge in [-0.2, -0.15) is 0 Å². The minimum atomic E-state index is 0.0625. The maximum Gasteiger partial charge on any atom is 0.253 e. The van der Waals surface area contributed by atoms with Crippen LogP contribution < -0.4 is 5.32 Å². The minimum absolute atomic E-state index is 0.0625. The summed E-state index contributed by atoms with van der Waals surface area (Å²) in [6, 6.07) is 6.50. The van der Waals surface area contributed by atoms with E-state index < -0.39 is 0 Å². The van der Waals surface area contributed by atoms with Crippen LogP contribution in [0.4, 0.5) is 5.69 Å². The van der Waals surface area contributed by atoms with Crippen LogP contribution in [-0.4, -0.2) is 30.9 Å². The Bertz CT molecular complexity index is 496. The molecule has 116 valence electrons. The molecule has 0 aromatic heterocycles. The highest BCUT2D eigenvalue weighted by atomic mass is 16.2. The molecule has 2 unspecified atom stereocenters. The summed E-state index contributed by atoms with van der Waals surface area (Å²) in [5.74, 6) is 0.909. The molecule has 0 spiro atoms. The summed E-state index contributed by atoms with van der Waals surface area (Å²) in [6.45, 7) is 4.45. The van der Waals surface area contributed by atoms with Crippen LogP contribution in [0.3, 0.4) is 0 Å². The van der Waals surface area contributed by atoms with Crippen LogP contribution in [0, 0.1) is 12.8 Å². The molecule has 0 bridgehead atoms. The molecule has 21 heavy (non-hydrogen) atoms. The number of hydrogen-bond acceptors (Lipinski definition) is 2. The van der Waals surface area contributed by atoms with Crippen LogP contribution in [0.1, 0.15) is 54.9 Å². The average molecular weight is 288 g/mol. The van der Waals surface area contributed by atoms with Gasteiger partial charge < -0.3 is 10.2 Å². The molecule has 0 radical (unpaired) electrons. The molecule has 1 fully saturated rings. The van der Waals surface area contributed by atoms with Crippen molar-refractivity contribution >= 4 is 11.6 Å². The highest BCUT2D eigenvalue weighted by molar-refractivity contribution is 5.95. The number of anilines is 1. The summed E-state index contributed by atoms with van der Waals surface area (Å²) < 4.78 is 0. The Kier molecular flexibility index (Phi) is 5.27.